The highest BCUT2D eigenvalue weighted by atomic mass is 32.1. The van der Waals surface area contributed by atoms with E-state index in [-0.39, 0.29) is 11.9 Å². The average Bonchev–Trinajstić information content (AvgIpc) is 2.93. The molecule has 2 aromatic rings. The molecule has 1 aliphatic rings. The third-order valence-electron chi connectivity index (χ3n) is 4.46. The summed E-state index contributed by atoms with van der Waals surface area (Å²) >= 11 is 5.36. The lowest BCUT2D eigenvalue weighted by molar-refractivity contribution is -0.127. The van der Waals surface area contributed by atoms with E-state index in [0.29, 0.717) is 36.0 Å². The van der Waals surface area contributed by atoms with Gasteiger partial charge in [-0.1, -0.05) is 36.4 Å². The summed E-state index contributed by atoms with van der Waals surface area (Å²) in [6, 6.07) is 15.4. The number of carbonyl (C=O) groups is 1. The summed E-state index contributed by atoms with van der Waals surface area (Å²) in [5.41, 5.74) is 2.17. The van der Waals surface area contributed by atoms with Crippen molar-refractivity contribution in [2.45, 2.75) is 18.9 Å². The Morgan fingerprint density at radius 2 is 1.77 bits per heavy atom. The Balaban J connectivity index is 1.63. The van der Waals surface area contributed by atoms with Crippen molar-refractivity contribution < 1.29 is 14.3 Å². The van der Waals surface area contributed by atoms with Crippen LogP contribution in [0.5, 0.6) is 11.5 Å². The largest absolute Gasteiger partial charge is 0.493 e. The molecule has 1 N–H and O–H groups in total. The number of benzene rings is 2. The maximum atomic E-state index is 12.7. The normalized spacial score (nSPS) is 16.5. The van der Waals surface area contributed by atoms with Crippen LogP contribution in [0.25, 0.3) is 0 Å². The number of hydrogen-bond acceptors (Lipinski definition) is 4. The van der Waals surface area contributed by atoms with Crippen molar-refractivity contribution in [3.63, 3.8) is 0 Å². The van der Waals surface area contributed by atoms with Gasteiger partial charge in [-0.2, -0.15) is 0 Å². The fourth-order valence-corrected chi connectivity index (χ4v) is 3.38. The van der Waals surface area contributed by atoms with Crippen LogP contribution < -0.4 is 14.8 Å². The van der Waals surface area contributed by atoms with Gasteiger partial charge in [0.05, 0.1) is 14.2 Å². The minimum atomic E-state index is -0.296. The third kappa shape index (κ3) is 3.96. The summed E-state index contributed by atoms with van der Waals surface area (Å²) in [5.74, 6) is 1.40. The highest BCUT2D eigenvalue weighted by Gasteiger charge is 2.34. The number of nitrogens with one attached hydrogen (secondary N) is 1. The molecule has 0 aromatic heterocycles. The Labute approximate surface area is 158 Å². The molecule has 6 heteroatoms. The van der Waals surface area contributed by atoms with E-state index in [0.717, 1.165) is 11.1 Å². The first-order chi connectivity index (χ1) is 12.6. The summed E-state index contributed by atoms with van der Waals surface area (Å²) in [6.07, 6.45) is 1.32. The zero-order valence-corrected chi connectivity index (χ0v) is 15.7. The molecular formula is C20H22N2O3S. The van der Waals surface area contributed by atoms with Crippen molar-refractivity contribution >= 4 is 23.2 Å². The lowest BCUT2D eigenvalue weighted by Crippen LogP contribution is -2.33. The lowest BCUT2D eigenvalue weighted by Gasteiger charge is -2.15. The molecule has 1 fully saturated rings. The smallest absolute Gasteiger partial charge is 0.251 e. The number of rotatable bonds is 7. The molecule has 136 valence electrons. The van der Waals surface area contributed by atoms with Crippen molar-refractivity contribution in [1.82, 2.24) is 10.2 Å². The molecule has 0 unspecified atom stereocenters. The Hall–Kier alpha value is -2.60. The van der Waals surface area contributed by atoms with E-state index in [4.69, 9.17) is 21.7 Å². The highest BCUT2D eigenvalue weighted by molar-refractivity contribution is 7.80. The van der Waals surface area contributed by atoms with Crippen LogP contribution in [0.15, 0.2) is 48.5 Å². The van der Waals surface area contributed by atoms with Gasteiger partial charge in [-0.05, 0) is 41.9 Å². The Morgan fingerprint density at radius 1 is 1.04 bits per heavy atom. The van der Waals surface area contributed by atoms with E-state index in [9.17, 15) is 4.79 Å². The minimum Gasteiger partial charge on any atom is -0.493 e. The summed E-state index contributed by atoms with van der Waals surface area (Å²) in [5, 5.41) is 3.64. The Morgan fingerprint density at radius 3 is 2.46 bits per heavy atom. The second-order valence-corrected chi connectivity index (χ2v) is 6.51. The Kier molecular flexibility index (Phi) is 5.73. The standard InChI is InChI=1S/C20H22N2O3S/c1-24-17-9-8-15(13-18(17)25-2)10-11-22-19(23)16(21-20(22)26)12-14-6-4-3-5-7-14/h3-9,13,16H,10-12H2,1-2H3,(H,21,26)/t16-/m0/s1. The summed E-state index contributed by atoms with van der Waals surface area (Å²) in [4.78, 5) is 14.3. The van der Waals surface area contributed by atoms with Crippen LogP contribution in [0, 0.1) is 0 Å². The van der Waals surface area contributed by atoms with Crippen molar-refractivity contribution in [2.24, 2.45) is 0 Å². The first-order valence-corrected chi connectivity index (χ1v) is 8.90. The molecule has 0 saturated carbocycles. The number of nitrogens with zero attached hydrogens (tertiary/aromatic N) is 1. The van der Waals surface area contributed by atoms with Crippen LogP contribution in [0.1, 0.15) is 11.1 Å². The van der Waals surface area contributed by atoms with Crippen LogP contribution in [0.3, 0.4) is 0 Å². The summed E-state index contributed by atoms with van der Waals surface area (Å²) < 4.78 is 10.6. The van der Waals surface area contributed by atoms with Gasteiger partial charge in [-0.25, -0.2) is 0 Å². The second kappa shape index (κ2) is 8.19. The maximum absolute atomic E-state index is 12.7. The number of thiocarbonyl (C=S) groups is 1. The van der Waals surface area contributed by atoms with Gasteiger partial charge in [-0.15, -0.1) is 0 Å². The van der Waals surface area contributed by atoms with E-state index < -0.39 is 0 Å². The van der Waals surface area contributed by atoms with Crippen LogP contribution in [-0.2, 0) is 17.6 Å². The predicted molar refractivity (Wildman–Crippen MR) is 105 cm³/mol. The minimum absolute atomic E-state index is 0.0272. The summed E-state index contributed by atoms with van der Waals surface area (Å²) in [6.45, 7) is 0.533. The van der Waals surface area contributed by atoms with E-state index in [1.165, 1.54) is 0 Å². The number of carbonyl (C=O) groups excluding carboxylic acids is 1. The van der Waals surface area contributed by atoms with Gasteiger partial charge in [-0.3, -0.25) is 9.69 Å². The van der Waals surface area contributed by atoms with Crippen molar-refractivity contribution in [3.05, 3.63) is 59.7 Å². The fraction of sp³-hybridized carbons (Fsp3) is 0.300. The number of amides is 1. The number of methoxy groups -OCH3 is 2. The monoisotopic (exact) mass is 370 g/mol. The molecule has 1 aliphatic heterocycles. The fourth-order valence-electron chi connectivity index (χ4n) is 3.05. The third-order valence-corrected chi connectivity index (χ3v) is 4.80. The lowest BCUT2D eigenvalue weighted by atomic mass is 10.1. The maximum Gasteiger partial charge on any atom is 0.251 e. The Bertz CT molecular complexity index is 795. The molecule has 26 heavy (non-hydrogen) atoms. The number of ether oxygens (including phenoxy) is 2. The van der Waals surface area contributed by atoms with E-state index >= 15 is 0 Å². The van der Waals surface area contributed by atoms with Gasteiger partial charge in [0.25, 0.3) is 5.91 Å². The van der Waals surface area contributed by atoms with Crippen molar-refractivity contribution in [1.29, 1.82) is 0 Å². The van der Waals surface area contributed by atoms with E-state index in [2.05, 4.69) is 5.32 Å². The SMILES string of the molecule is COc1ccc(CCN2C(=O)[C@H](Cc3ccccc3)NC2=S)cc1OC. The molecule has 1 atom stereocenters. The molecule has 3 rings (SSSR count). The number of hydrogen-bond donors (Lipinski definition) is 1. The molecule has 0 bridgehead atoms. The first kappa shape index (κ1) is 18.2. The van der Waals surface area contributed by atoms with Gasteiger partial charge >= 0.3 is 0 Å². The topological polar surface area (TPSA) is 50.8 Å². The second-order valence-electron chi connectivity index (χ2n) is 6.12. The van der Waals surface area contributed by atoms with Gasteiger partial charge in [0, 0.05) is 13.0 Å². The zero-order valence-electron chi connectivity index (χ0n) is 14.9. The first-order valence-electron chi connectivity index (χ1n) is 8.49. The molecule has 0 spiro atoms. The molecule has 1 saturated heterocycles. The zero-order chi connectivity index (χ0) is 18.5. The predicted octanol–water partition coefficient (Wildman–Crippen LogP) is 2.57. The van der Waals surface area contributed by atoms with Gasteiger partial charge < -0.3 is 14.8 Å². The van der Waals surface area contributed by atoms with Crippen LogP contribution in [0.4, 0.5) is 0 Å². The van der Waals surface area contributed by atoms with E-state index in [1.807, 2.05) is 48.5 Å². The molecule has 0 aliphatic carbocycles. The molecule has 5 nitrogen and oxygen atoms in total. The van der Waals surface area contributed by atoms with E-state index in [1.54, 1.807) is 19.1 Å². The van der Waals surface area contributed by atoms with Crippen molar-refractivity contribution in [2.75, 3.05) is 20.8 Å². The molecule has 0 radical (unpaired) electrons. The average molecular weight is 370 g/mol. The summed E-state index contributed by atoms with van der Waals surface area (Å²) in [7, 11) is 3.22. The molecule has 1 amide bonds. The van der Waals surface area contributed by atoms with Gasteiger partial charge in [0.1, 0.15) is 6.04 Å². The molecule has 2 aromatic carbocycles. The van der Waals surface area contributed by atoms with Crippen LogP contribution in [-0.4, -0.2) is 42.7 Å². The highest BCUT2D eigenvalue weighted by Crippen LogP contribution is 2.28. The van der Waals surface area contributed by atoms with Gasteiger partial charge in [0.15, 0.2) is 16.6 Å². The quantitative estimate of drug-likeness (QED) is 0.759. The van der Waals surface area contributed by atoms with Gasteiger partial charge in [0.2, 0.25) is 0 Å². The molecule has 1 heterocycles. The van der Waals surface area contributed by atoms with Crippen molar-refractivity contribution in [3.8, 4) is 11.5 Å². The van der Waals surface area contributed by atoms with Crippen LogP contribution >= 0.6 is 12.2 Å². The molecular weight excluding hydrogens is 348 g/mol. The van der Waals surface area contributed by atoms with Crippen LogP contribution in [0.2, 0.25) is 0 Å².